The van der Waals surface area contributed by atoms with E-state index in [-0.39, 0.29) is 11.9 Å². The monoisotopic (exact) mass is 411 g/mol. The molecule has 0 fully saturated rings. The Hall–Kier alpha value is -1.36. The van der Waals surface area contributed by atoms with E-state index in [1.807, 2.05) is 31.2 Å². The van der Waals surface area contributed by atoms with Crippen LogP contribution in [-0.2, 0) is 10.5 Å². The van der Waals surface area contributed by atoms with Gasteiger partial charge in [-0.3, -0.25) is 4.79 Å². The van der Waals surface area contributed by atoms with Crippen LogP contribution in [0.4, 0.5) is 0 Å². The molecule has 6 heteroatoms. The molecular weight excluding hydrogens is 389 g/mol. The van der Waals surface area contributed by atoms with Gasteiger partial charge in [0.05, 0.1) is 18.9 Å². The molecule has 140 valence electrons. The van der Waals surface area contributed by atoms with Crippen LogP contribution in [0.2, 0.25) is 10.0 Å². The van der Waals surface area contributed by atoms with Gasteiger partial charge in [-0.05, 0) is 48.2 Å². The number of nitrogens with one attached hydrogen (secondary N) is 1. The second-order valence-corrected chi connectivity index (χ2v) is 7.82. The van der Waals surface area contributed by atoms with Crippen molar-refractivity contribution < 1.29 is 9.53 Å². The Bertz CT molecular complexity index is 767. The van der Waals surface area contributed by atoms with Crippen LogP contribution in [0.25, 0.3) is 0 Å². The van der Waals surface area contributed by atoms with Crippen molar-refractivity contribution in [2.45, 2.75) is 32.1 Å². The first-order chi connectivity index (χ1) is 12.4. The van der Waals surface area contributed by atoms with Gasteiger partial charge in [0.15, 0.2) is 0 Å². The Morgan fingerprint density at radius 3 is 2.62 bits per heavy atom. The largest absolute Gasteiger partial charge is 0.496 e. The second kappa shape index (κ2) is 10.1. The summed E-state index contributed by atoms with van der Waals surface area (Å²) in [5.74, 6) is 1.91. The fourth-order valence-electron chi connectivity index (χ4n) is 2.67. The molecule has 0 aliphatic rings. The molecule has 0 saturated heterocycles. The van der Waals surface area contributed by atoms with E-state index in [4.69, 9.17) is 27.9 Å². The van der Waals surface area contributed by atoms with E-state index in [1.54, 1.807) is 13.2 Å². The van der Waals surface area contributed by atoms with Crippen molar-refractivity contribution in [2.75, 3.05) is 12.9 Å². The van der Waals surface area contributed by atoms with Crippen molar-refractivity contribution in [2.24, 2.45) is 0 Å². The maximum absolute atomic E-state index is 12.3. The number of carbonyl (C=O) groups is 1. The van der Waals surface area contributed by atoms with E-state index in [0.29, 0.717) is 21.6 Å². The molecule has 0 radical (unpaired) electrons. The summed E-state index contributed by atoms with van der Waals surface area (Å²) in [7, 11) is 1.66. The lowest BCUT2D eigenvalue weighted by molar-refractivity contribution is -0.119. The Morgan fingerprint density at radius 1 is 1.23 bits per heavy atom. The predicted molar refractivity (Wildman–Crippen MR) is 112 cm³/mol. The first kappa shape index (κ1) is 20.9. The maximum atomic E-state index is 12.3. The van der Waals surface area contributed by atoms with E-state index < -0.39 is 0 Å². The van der Waals surface area contributed by atoms with Crippen molar-refractivity contribution in [1.82, 2.24) is 5.32 Å². The van der Waals surface area contributed by atoms with Gasteiger partial charge in [-0.1, -0.05) is 48.3 Å². The van der Waals surface area contributed by atoms with Crippen molar-refractivity contribution >= 4 is 40.9 Å². The number of aryl methyl sites for hydroxylation is 1. The summed E-state index contributed by atoms with van der Waals surface area (Å²) >= 11 is 13.6. The van der Waals surface area contributed by atoms with Gasteiger partial charge in [0.2, 0.25) is 5.91 Å². The van der Waals surface area contributed by atoms with Gasteiger partial charge >= 0.3 is 0 Å². The highest BCUT2D eigenvalue weighted by Crippen LogP contribution is 2.26. The minimum absolute atomic E-state index is 0.00757. The average Bonchev–Trinajstić information content (AvgIpc) is 2.61. The standard InChI is InChI=1S/C20H23Cl2NO2S/c1-4-18(14-6-8-19(25-3)13(2)9-14)23-20(24)12-26-11-15-5-7-16(21)10-17(15)22/h5-10,18H,4,11-12H2,1-3H3,(H,23,24)/t18-/m1/s1. The van der Waals surface area contributed by atoms with Crippen LogP contribution in [0.5, 0.6) is 5.75 Å². The maximum Gasteiger partial charge on any atom is 0.230 e. The van der Waals surface area contributed by atoms with Gasteiger partial charge in [-0.2, -0.15) is 0 Å². The van der Waals surface area contributed by atoms with E-state index in [0.717, 1.165) is 28.9 Å². The van der Waals surface area contributed by atoms with Crippen molar-refractivity contribution in [1.29, 1.82) is 0 Å². The first-order valence-corrected chi connectivity index (χ1v) is 10.3. The molecule has 3 nitrogen and oxygen atoms in total. The Labute approximate surface area is 169 Å². The number of hydrogen-bond donors (Lipinski definition) is 1. The average molecular weight is 412 g/mol. The normalized spacial score (nSPS) is 11.9. The number of ether oxygens (including phenoxy) is 1. The molecule has 1 N–H and O–H groups in total. The third-order valence-electron chi connectivity index (χ3n) is 4.07. The quantitative estimate of drug-likeness (QED) is 0.595. The number of methoxy groups -OCH3 is 1. The molecule has 0 heterocycles. The minimum atomic E-state index is -0.00757. The number of amides is 1. The van der Waals surface area contributed by atoms with Gasteiger partial charge in [0, 0.05) is 15.8 Å². The van der Waals surface area contributed by atoms with Crippen LogP contribution in [-0.4, -0.2) is 18.8 Å². The highest BCUT2D eigenvalue weighted by molar-refractivity contribution is 7.99. The van der Waals surface area contributed by atoms with E-state index in [1.165, 1.54) is 11.8 Å². The molecule has 0 aliphatic heterocycles. The fraction of sp³-hybridized carbons (Fsp3) is 0.350. The molecule has 0 saturated carbocycles. The molecule has 0 spiro atoms. The molecule has 26 heavy (non-hydrogen) atoms. The Balaban J connectivity index is 1.89. The molecular formula is C20H23Cl2NO2S. The minimum Gasteiger partial charge on any atom is -0.496 e. The number of rotatable bonds is 8. The lowest BCUT2D eigenvalue weighted by Crippen LogP contribution is -2.29. The first-order valence-electron chi connectivity index (χ1n) is 8.40. The van der Waals surface area contributed by atoms with Crippen LogP contribution < -0.4 is 10.1 Å². The van der Waals surface area contributed by atoms with Crippen molar-refractivity contribution in [3.8, 4) is 5.75 Å². The number of benzene rings is 2. The van der Waals surface area contributed by atoms with Crippen LogP contribution in [0.1, 0.15) is 36.1 Å². The molecule has 0 unspecified atom stereocenters. The SMILES string of the molecule is CC[C@@H](NC(=O)CSCc1ccc(Cl)cc1Cl)c1ccc(OC)c(C)c1. The second-order valence-electron chi connectivity index (χ2n) is 5.99. The van der Waals surface area contributed by atoms with E-state index in [2.05, 4.69) is 18.3 Å². The molecule has 0 aliphatic carbocycles. The summed E-state index contributed by atoms with van der Waals surface area (Å²) in [6, 6.07) is 11.4. The number of halogens is 2. The molecule has 2 rings (SSSR count). The van der Waals surface area contributed by atoms with Crippen molar-refractivity contribution in [3.63, 3.8) is 0 Å². The topological polar surface area (TPSA) is 38.3 Å². The van der Waals surface area contributed by atoms with Gasteiger partial charge in [-0.15, -0.1) is 11.8 Å². The van der Waals surface area contributed by atoms with Crippen molar-refractivity contribution in [3.05, 3.63) is 63.1 Å². The molecule has 2 aromatic carbocycles. The predicted octanol–water partition coefficient (Wildman–Crippen LogP) is 5.81. The van der Waals surface area contributed by atoms with Crippen LogP contribution in [0.15, 0.2) is 36.4 Å². The van der Waals surface area contributed by atoms with E-state index in [9.17, 15) is 4.79 Å². The Kier molecular flexibility index (Phi) is 8.14. The molecule has 0 aromatic heterocycles. The summed E-state index contributed by atoms with van der Waals surface area (Å²) < 4.78 is 5.30. The zero-order valence-corrected chi connectivity index (χ0v) is 17.5. The highest BCUT2D eigenvalue weighted by Gasteiger charge is 2.14. The lowest BCUT2D eigenvalue weighted by Gasteiger charge is -2.19. The fourth-order valence-corrected chi connectivity index (χ4v) is 4.06. The Morgan fingerprint density at radius 2 is 2.00 bits per heavy atom. The number of carbonyl (C=O) groups excluding carboxylic acids is 1. The summed E-state index contributed by atoms with van der Waals surface area (Å²) in [6.07, 6.45) is 0.825. The highest BCUT2D eigenvalue weighted by atomic mass is 35.5. The number of hydrogen-bond acceptors (Lipinski definition) is 3. The van der Waals surface area contributed by atoms with Crippen LogP contribution >= 0.6 is 35.0 Å². The molecule has 0 bridgehead atoms. The number of thioether (sulfide) groups is 1. The molecule has 1 amide bonds. The zero-order chi connectivity index (χ0) is 19.1. The lowest BCUT2D eigenvalue weighted by atomic mass is 10.0. The smallest absolute Gasteiger partial charge is 0.230 e. The zero-order valence-electron chi connectivity index (χ0n) is 15.1. The van der Waals surface area contributed by atoms with E-state index >= 15 is 0 Å². The van der Waals surface area contributed by atoms with Gasteiger partial charge in [0.25, 0.3) is 0 Å². The summed E-state index contributed by atoms with van der Waals surface area (Å²) in [5, 5.41) is 4.35. The summed E-state index contributed by atoms with van der Waals surface area (Å²) in [4.78, 5) is 12.3. The molecule has 2 aromatic rings. The molecule has 1 atom stereocenters. The van der Waals surface area contributed by atoms with Gasteiger partial charge in [-0.25, -0.2) is 0 Å². The van der Waals surface area contributed by atoms with Gasteiger partial charge < -0.3 is 10.1 Å². The summed E-state index contributed by atoms with van der Waals surface area (Å²) in [6.45, 7) is 4.06. The van der Waals surface area contributed by atoms with Gasteiger partial charge in [0.1, 0.15) is 5.75 Å². The third-order valence-corrected chi connectivity index (χ3v) is 5.64. The van der Waals surface area contributed by atoms with Crippen LogP contribution in [0, 0.1) is 6.92 Å². The summed E-state index contributed by atoms with van der Waals surface area (Å²) in [5.41, 5.74) is 3.13. The third kappa shape index (κ3) is 5.83. The van der Waals surface area contributed by atoms with Crippen LogP contribution in [0.3, 0.4) is 0 Å².